The molecule has 0 aliphatic carbocycles. The van der Waals surface area contributed by atoms with E-state index in [-0.39, 0.29) is 17.2 Å². The zero-order chi connectivity index (χ0) is 17.9. The minimum absolute atomic E-state index is 0.134. The second-order valence-electron chi connectivity index (χ2n) is 8.01. The van der Waals surface area contributed by atoms with E-state index >= 15 is 0 Å². The minimum atomic E-state index is -1.47. The van der Waals surface area contributed by atoms with Gasteiger partial charge in [0, 0.05) is 23.9 Å². The first kappa shape index (κ1) is 19.9. The van der Waals surface area contributed by atoms with Gasteiger partial charge in [-0.3, -0.25) is 9.59 Å². The third-order valence-electron chi connectivity index (χ3n) is 4.35. The molecule has 5 nitrogen and oxygen atoms in total. The van der Waals surface area contributed by atoms with Crippen molar-refractivity contribution in [2.24, 2.45) is 5.41 Å². The maximum atomic E-state index is 12.7. The van der Waals surface area contributed by atoms with Gasteiger partial charge in [-0.25, -0.2) is 0 Å². The van der Waals surface area contributed by atoms with Gasteiger partial charge in [0.25, 0.3) is 0 Å². The Morgan fingerprint density at radius 3 is 2.13 bits per heavy atom. The Kier molecular flexibility index (Phi) is 6.25. The van der Waals surface area contributed by atoms with Gasteiger partial charge >= 0.3 is 11.9 Å². The number of esters is 2. The van der Waals surface area contributed by atoms with E-state index in [1.807, 2.05) is 6.92 Å². The van der Waals surface area contributed by atoms with Crippen molar-refractivity contribution in [1.29, 1.82) is 0 Å². The zero-order valence-corrected chi connectivity index (χ0v) is 15.5. The number of carbonyl (C=O) groups excluding carboxylic acids is 2. The maximum Gasteiger partial charge on any atom is 0.323 e. The highest BCUT2D eigenvalue weighted by Gasteiger charge is 2.46. The molecule has 1 unspecified atom stereocenters. The summed E-state index contributed by atoms with van der Waals surface area (Å²) < 4.78 is 10.5. The topological polar surface area (TPSA) is 64.6 Å². The highest BCUT2D eigenvalue weighted by molar-refractivity contribution is 6.00. The number of hydrogen-bond donors (Lipinski definition) is 1. The SMILES string of the molecule is [CH2]C(CCCC)(C(=O)OC)C(=O)OC1CC(C)(C)NC(C)(C)C1. The average Bonchev–Trinajstić information content (AvgIpc) is 2.40. The van der Waals surface area contributed by atoms with Crippen LogP contribution in [0.15, 0.2) is 0 Å². The predicted octanol–water partition coefficient (Wildman–Crippen LogP) is 3.02. The molecule has 5 heteroatoms. The van der Waals surface area contributed by atoms with Gasteiger partial charge in [-0.2, -0.15) is 0 Å². The fraction of sp³-hybridized carbons (Fsp3) is 0.833. The molecule has 0 aromatic rings. The van der Waals surface area contributed by atoms with Crippen molar-refractivity contribution in [3.05, 3.63) is 6.92 Å². The molecule has 1 aliphatic rings. The van der Waals surface area contributed by atoms with Crippen LogP contribution in [0.5, 0.6) is 0 Å². The Morgan fingerprint density at radius 2 is 1.70 bits per heavy atom. The summed E-state index contributed by atoms with van der Waals surface area (Å²) in [5.41, 5.74) is -1.74. The van der Waals surface area contributed by atoms with Crippen LogP contribution in [0.25, 0.3) is 0 Å². The molecular formula is C18H32NO4. The summed E-state index contributed by atoms with van der Waals surface area (Å²) in [5.74, 6) is -1.19. The van der Waals surface area contributed by atoms with Gasteiger partial charge in [0.1, 0.15) is 6.10 Å². The molecule has 1 atom stereocenters. The fourth-order valence-corrected chi connectivity index (χ4v) is 3.54. The number of unbranched alkanes of at least 4 members (excludes halogenated alkanes) is 1. The van der Waals surface area contributed by atoms with Gasteiger partial charge in [0.05, 0.1) is 7.11 Å². The van der Waals surface area contributed by atoms with Crippen molar-refractivity contribution >= 4 is 11.9 Å². The van der Waals surface area contributed by atoms with Gasteiger partial charge in [0.15, 0.2) is 5.41 Å². The Morgan fingerprint density at radius 1 is 1.17 bits per heavy atom. The molecule has 0 saturated carbocycles. The van der Waals surface area contributed by atoms with Gasteiger partial charge in [0.2, 0.25) is 0 Å². The van der Waals surface area contributed by atoms with E-state index in [4.69, 9.17) is 9.47 Å². The van der Waals surface area contributed by atoms with Crippen molar-refractivity contribution in [3.8, 4) is 0 Å². The van der Waals surface area contributed by atoms with Crippen LogP contribution in [-0.2, 0) is 19.1 Å². The van der Waals surface area contributed by atoms with Crippen LogP contribution in [0, 0.1) is 12.3 Å². The summed E-state index contributed by atoms with van der Waals surface area (Å²) in [6.07, 6.45) is 3.10. The predicted molar refractivity (Wildman–Crippen MR) is 89.7 cm³/mol. The summed E-state index contributed by atoms with van der Waals surface area (Å²) in [4.78, 5) is 24.7. The van der Waals surface area contributed by atoms with Crippen LogP contribution < -0.4 is 5.32 Å². The normalized spacial score (nSPS) is 22.9. The number of methoxy groups -OCH3 is 1. The summed E-state index contributed by atoms with van der Waals surface area (Å²) in [6.45, 7) is 14.2. The largest absolute Gasteiger partial charge is 0.468 e. The molecule has 0 bridgehead atoms. The number of rotatable bonds is 6. The molecule has 23 heavy (non-hydrogen) atoms. The van der Waals surface area contributed by atoms with Crippen LogP contribution >= 0.6 is 0 Å². The van der Waals surface area contributed by atoms with Crippen LogP contribution in [0.4, 0.5) is 0 Å². The van der Waals surface area contributed by atoms with Crippen molar-refractivity contribution in [1.82, 2.24) is 5.32 Å². The van der Waals surface area contributed by atoms with E-state index in [1.54, 1.807) is 0 Å². The highest BCUT2D eigenvalue weighted by Crippen LogP contribution is 2.33. The molecule has 1 aliphatic heterocycles. The summed E-state index contributed by atoms with van der Waals surface area (Å²) in [5, 5.41) is 3.54. The average molecular weight is 326 g/mol. The van der Waals surface area contributed by atoms with Crippen molar-refractivity contribution in [2.75, 3.05) is 7.11 Å². The molecular weight excluding hydrogens is 294 g/mol. The van der Waals surface area contributed by atoms with Crippen LogP contribution in [-0.4, -0.2) is 36.2 Å². The van der Waals surface area contributed by atoms with Crippen molar-refractivity contribution in [3.63, 3.8) is 0 Å². The van der Waals surface area contributed by atoms with Gasteiger partial charge in [-0.1, -0.05) is 19.8 Å². The van der Waals surface area contributed by atoms with E-state index in [0.717, 1.165) is 12.8 Å². The number of piperidine rings is 1. The molecule has 0 amide bonds. The third kappa shape index (κ3) is 5.20. The standard InChI is InChI=1S/C18H32NO4/c1-8-9-10-18(6,14(20)22-7)15(21)23-13-11-16(2,3)19-17(4,5)12-13/h13,19H,6,8-12H2,1-5,7H3. The van der Waals surface area contributed by atoms with Crippen LogP contribution in [0.3, 0.4) is 0 Å². The third-order valence-corrected chi connectivity index (χ3v) is 4.35. The monoisotopic (exact) mass is 326 g/mol. The Hall–Kier alpha value is -1.10. The number of nitrogens with one attached hydrogen (secondary N) is 1. The van der Waals surface area contributed by atoms with Crippen LogP contribution in [0.1, 0.15) is 66.7 Å². The van der Waals surface area contributed by atoms with E-state index < -0.39 is 17.4 Å². The van der Waals surface area contributed by atoms with Gasteiger partial charge < -0.3 is 14.8 Å². The first-order chi connectivity index (χ1) is 10.5. The number of ether oxygens (including phenoxy) is 2. The number of hydrogen-bond acceptors (Lipinski definition) is 5. The molecule has 133 valence electrons. The quantitative estimate of drug-likeness (QED) is 0.600. The lowest BCUT2D eigenvalue weighted by Gasteiger charge is -2.46. The molecule has 0 spiro atoms. The molecule has 1 saturated heterocycles. The lowest BCUT2D eigenvalue weighted by atomic mass is 9.80. The Bertz CT molecular complexity index is 428. The smallest absolute Gasteiger partial charge is 0.323 e. The zero-order valence-electron chi connectivity index (χ0n) is 15.5. The Labute approximate surface area is 140 Å². The van der Waals surface area contributed by atoms with Crippen molar-refractivity contribution < 1.29 is 19.1 Å². The van der Waals surface area contributed by atoms with Gasteiger partial charge in [-0.15, -0.1) is 0 Å². The summed E-state index contributed by atoms with van der Waals surface area (Å²) >= 11 is 0. The fourth-order valence-electron chi connectivity index (χ4n) is 3.54. The summed E-state index contributed by atoms with van der Waals surface area (Å²) in [6, 6.07) is 0. The Balaban J connectivity index is 2.87. The lowest BCUT2D eigenvalue weighted by molar-refractivity contribution is -0.173. The highest BCUT2D eigenvalue weighted by atomic mass is 16.6. The van der Waals surface area contributed by atoms with E-state index in [1.165, 1.54) is 7.11 Å². The molecule has 1 heterocycles. The first-order valence-electron chi connectivity index (χ1n) is 8.40. The van der Waals surface area contributed by atoms with E-state index in [2.05, 4.69) is 39.9 Å². The molecule has 1 N–H and O–H groups in total. The molecule has 1 rings (SSSR count). The molecule has 1 radical (unpaired) electrons. The second-order valence-corrected chi connectivity index (χ2v) is 8.01. The van der Waals surface area contributed by atoms with Crippen LogP contribution in [0.2, 0.25) is 0 Å². The van der Waals surface area contributed by atoms with E-state index in [9.17, 15) is 9.59 Å². The lowest BCUT2D eigenvalue weighted by Crippen LogP contribution is -2.60. The number of carbonyl (C=O) groups is 2. The minimum Gasteiger partial charge on any atom is -0.468 e. The second kappa shape index (κ2) is 7.20. The maximum absolute atomic E-state index is 12.7. The summed E-state index contributed by atoms with van der Waals surface area (Å²) in [7, 11) is 1.28. The van der Waals surface area contributed by atoms with Crippen molar-refractivity contribution in [2.45, 2.75) is 83.9 Å². The molecule has 0 aromatic heterocycles. The molecule has 0 aromatic carbocycles. The molecule has 1 fully saturated rings. The first-order valence-corrected chi connectivity index (χ1v) is 8.40. The van der Waals surface area contributed by atoms with E-state index in [0.29, 0.717) is 19.3 Å². The van der Waals surface area contributed by atoms with Gasteiger partial charge in [-0.05, 0) is 41.0 Å².